The number of pyridine rings is 2. The molecule has 0 spiro atoms. The topological polar surface area (TPSA) is 113 Å². The SMILES string of the molecule is C#CCNC(=O)c1cnc2ccc(-c3cc(Cl)c(O)c(Cl)c3)nc2c1NC1CCC(N)CC1. The molecule has 2 aromatic heterocycles. The van der Waals surface area contributed by atoms with Crippen molar-refractivity contribution in [2.45, 2.75) is 37.8 Å². The van der Waals surface area contributed by atoms with Crippen LogP contribution in [0.5, 0.6) is 5.75 Å². The Labute approximate surface area is 201 Å². The molecule has 5 N–H and O–H groups in total. The quantitative estimate of drug-likeness (QED) is 0.401. The van der Waals surface area contributed by atoms with Gasteiger partial charge in [-0.25, -0.2) is 4.98 Å². The van der Waals surface area contributed by atoms with Crippen molar-refractivity contribution in [3.63, 3.8) is 0 Å². The third-order valence-corrected chi connectivity index (χ3v) is 6.32. The zero-order chi connectivity index (χ0) is 23.5. The van der Waals surface area contributed by atoms with Crippen LogP contribution in [0.2, 0.25) is 10.0 Å². The lowest BCUT2D eigenvalue weighted by atomic mass is 9.91. The van der Waals surface area contributed by atoms with Crippen molar-refractivity contribution < 1.29 is 9.90 Å². The fraction of sp³-hybridized carbons (Fsp3) is 0.292. The Balaban J connectivity index is 1.82. The summed E-state index contributed by atoms with van der Waals surface area (Å²) in [6.45, 7) is 0.104. The lowest BCUT2D eigenvalue weighted by Crippen LogP contribution is -2.34. The molecule has 4 rings (SSSR count). The number of carbonyl (C=O) groups excluding carboxylic acids is 1. The van der Waals surface area contributed by atoms with Crippen LogP contribution in [0.4, 0.5) is 5.69 Å². The van der Waals surface area contributed by atoms with E-state index in [0.717, 1.165) is 25.7 Å². The molecule has 1 aliphatic carbocycles. The van der Waals surface area contributed by atoms with Crippen LogP contribution in [0.3, 0.4) is 0 Å². The lowest BCUT2D eigenvalue weighted by molar-refractivity contribution is 0.0959. The molecule has 170 valence electrons. The number of halogens is 2. The van der Waals surface area contributed by atoms with Crippen molar-refractivity contribution in [1.82, 2.24) is 15.3 Å². The van der Waals surface area contributed by atoms with E-state index in [1.54, 1.807) is 18.2 Å². The number of amides is 1. The van der Waals surface area contributed by atoms with Crippen LogP contribution >= 0.6 is 23.2 Å². The minimum absolute atomic E-state index is 0.104. The molecule has 0 aliphatic heterocycles. The predicted molar refractivity (Wildman–Crippen MR) is 132 cm³/mol. The molecule has 1 aliphatic rings. The van der Waals surface area contributed by atoms with Gasteiger partial charge in [0.25, 0.3) is 5.91 Å². The maximum Gasteiger partial charge on any atom is 0.255 e. The number of aromatic nitrogens is 2. The third kappa shape index (κ3) is 4.98. The largest absolute Gasteiger partial charge is 0.505 e. The van der Waals surface area contributed by atoms with Crippen LogP contribution in [0.1, 0.15) is 36.0 Å². The number of nitrogens with zero attached hydrogens (tertiary/aromatic N) is 2. The highest BCUT2D eigenvalue weighted by Crippen LogP contribution is 2.37. The number of terminal acetylenes is 1. The Kier molecular flexibility index (Phi) is 6.89. The average Bonchev–Trinajstić information content (AvgIpc) is 2.82. The number of benzene rings is 1. The molecule has 33 heavy (non-hydrogen) atoms. The van der Waals surface area contributed by atoms with E-state index < -0.39 is 0 Å². The molecule has 2 heterocycles. The number of nitrogens with one attached hydrogen (secondary N) is 2. The number of fused-ring (bicyclic) bond motifs is 1. The fourth-order valence-electron chi connectivity index (χ4n) is 3.95. The highest BCUT2D eigenvalue weighted by atomic mass is 35.5. The van der Waals surface area contributed by atoms with Crippen LogP contribution < -0.4 is 16.4 Å². The maximum absolute atomic E-state index is 12.8. The number of anilines is 1. The molecule has 0 unspecified atom stereocenters. The second-order valence-corrected chi connectivity index (χ2v) is 8.86. The van der Waals surface area contributed by atoms with Gasteiger partial charge in [0, 0.05) is 23.8 Å². The van der Waals surface area contributed by atoms with Crippen LogP contribution in [-0.2, 0) is 0 Å². The van der Waals surface area contributed by atoms with E-state index in [2.05, 4.69) is 21.5 Å². The summed E-state index contributed by atoms with van der Waals surface area (Å²) in [6.07, 6.45) is 10.4. The number of phenols is 1. The van der Waals surface area contributed by atoms with Crippen LogP contribution in [0, 0.1) is 12.3 Å². The number of rotatable bonds is 5. The molecule has 0 radical (unpaired) electrons. The van der Waals surface area contributed by atoms with Gasteiger partial charge in [-0.2, -0.15) is 0 Å². The summed E-state index contributed by atoms with van der Waals surface area (Å²) in [7, 11) is 0. The van der Waals surface area contributed by atoms with Crippen molar-refractivity contribution in [3.8, 4) is 29.4 Å². The van der Waals surface area contributed by atoms with Crippen molar-refractivity contribution in [3.05, 3.63) is 46.1 Å². The Morgan fingerprint density at radius 3 is 2.58 bits per heavy atom. The molecule has 0 saturated heterocycles. The van der Waals surface area contributed by atoms with E-state index in [1.807, 2.05) is 6.07 Å². The average molecular weight is 484 g/mol. The van der Waals surface area contributed by atoms with Gasteiger partial charge in [0.05, 0.1) is 39.1 Å². The maximum atomic E-state index is 12.8. The van der Waals surface area contributed by atoms with E-state index in [0.29, 0.717) is 33.5 Å². The van der Waals surface area contributed by atoms with Crippen molar-refractivity contribution in [2.24, 2.45) is 5.73 Å². The van der Waals surface area contributed by atoms with Gasteiger partial charge in [0.1, 0.15) is 5.52 Å². The second-order valence-electron chi connectivity index (χ2n) is 8.04. The highest BCUT2D eigenvalue weighted by molar-refractivity contribution is 6.37. The summed E-state index contributed by atoms with van der Waals surface area (Å²) in [5, 5.41) is 16.4. The number of hydrogen-bond acceptors (Lipinski definition) is 6. The van der Waals surface area contributed by atoms with Gasteiger partial charge >= 0.3 is 0 Å². The summed E-state index contributed by atoms with van der Waals surface area (Å²) in [5.74, 6) is 1.89. The summed E-state index contributed by atoms with van der Waals surface area (Å²) >= 11 is 12.2. The van der Waals surface area contributed by atoms with E-state index in [-0.39, 0.29) is 40.3 Å². The van der Waals surface area contributed by atoms with Crippen molar-refractivity contribution in [1.29, 1.82) is 0 Å². The first kappa shape index (κ1) is 23.1. The van der Waals surface area contributed by atoms with Crippen molar-refractivity contribution >= 4 is 45.8 Å². The Hall–Kier alpha value is -3.05. The number of carbonyl (C=O) groups is 1. The molecular weight excluding hydrogens is 461 g/mol. The summed E-state index contributed by atoms with van der Waals surface area (Å²) < 4.78 is 0. The van der Waals surface area contributed by atoms with E-state index in [9.17, 15) is 9.90 Å². The van der Waals surface area contributed by atoms with Gasteiger partial charge in [0.2, 0.25) is 0 Å². The minimum Gasteiger partial charge on any atom is -0.505 e. The van der Waals surface area contributed by atoms with Crippen molar-refractivity contribution in [2.75, 3.05) is 11.9 Å². The van der Waals surface area contributed by atoms with Crippen LogP contribution in [0.15, 0.2) is 30.5 Å². The van der Waals surface area contributed by atoms with E-state index >= 15 is 0 Å². The first-order valence-corrected chi connectivity index (χ1v) is 11.3. The molecule has 1 amide bonds. The number of aromatic hydroxyl groups is 1. The van der Waals surface area contributed by atoms with Crippen LogP contribution in [-0.4, -0.2) is 39.6 Å². The molecular formula is C24H23Cl2N5O2. The van der Waals surface area contributed by atoms with E-state index in [1.165, 1.54) is 6.20 Å². The Bertz CT molecular complexity index is 1230. The smallest absolute Gasteiger partial charge is 0.255 e. The van der Waals surface area contributed by atoms with Gasteiger partial charge in [-0.05, 0) is 49.9 Å². The zero-order valence-corrected chi connectivity index (χ0v) is 19.2. The van der Waals surface area contributed by atoms with Gasteiger partial charge in [-0.1, -0.05) is 29.1 Å². The molecule has 0 atom stereocenters. The zero-order valence-electron chi connectivity index (χ0n) is 17.7. The molecule has 1 saturated carbocycles. The number of phenolic OH excluding ortho intramolecular Hbond substituents is 1. The summed E-state index contributed by atoms with van der Waals surface area (Å²) in [6, 6.07) is 7.13. The minimum atomic E-state index is -0.333. The van der Waals surface area contributed by atoms with Gasteiger partial charge in [-0.15, -0.1) is 6.42 Å². The Morgan fingerprint density at radius 2 is 1.91 bits per heavy atom. The molecule has 0 bridgehead atoms. The number of nitrogens with two attached hydrogens (primary N) is 1. The van der Waals surface area contributed by atoms with Gasteiger partial charge in [-0.3, -0.25) is 9.78 Å². The Morgan fingerprint density at radius 1 is 1.21 bits per heavy atom. The highest BCUT2D eigenvalue weighted by Gasteiger charge is 2.23. The lowest BCUT2D eigenvalue weighted by Gasteiger charge is -2.28. The molecule has 7 nitrogen and oxygen atoms in total. The molecule has 1 fully saturated rings. The summed E-state index contributed by atoms with van der Waals surface area (Å²) in [4.78, 5) is 22.1. The first-order chi connectivity index (χ1) is 15.9. The monoisotopic (exact) mass is 483 g/mol. The number of hydrogen-bond donors (Lipinski definition) is 4. The molecule has 3 aromatic rings. The van der Waals surface area contributed by atoms with Gasteiger partial charge in [0.15, 0.2) is 5.75 Å². The fourth-order valence-corrected chi connectivity index (χ4v) is 4.44. The van der Waals surface area contributed by atoms with Gasteiger partial charge < -0.3 is 21.5 Å². The molecule has 9 heteroatoms. The predicted octanol–water partition coefficient (Wildman–Crippen LogP) is 4.35. The normalized spacial score (nSPS) is 18.0. The summed E-state index contributed by atoms with van der Waals surface area (Å²) in [5.41, 5.74) is 9.37. The third-order valence-electron chi connectivity index (χ3n) is 5.74. The molecule has 1 aromatic carbocycles. The van der Waals surface area contributed by atoms with E-state index in [4.69, 9.17) is 40.3 Å². The van der Waals surface area contributed by atoms with Crippen LogP contribution in [0.25, 0.3) is 22.3 Å². The first-order valence-electron chi connectivity index (χ1n) is 10.6. The second kappa shape index (κ2) is 9.84. The standard InChI is InChI=1S/C24H23Cl2N5O2/c1-2-9-28-24(33)16-12-29-20-8-7-19(13-10-17(25)23(32)18(26)11-13)31-22(20)21(16)30-15-5-3-14(27)4-6-15/h1,7-8,10-12,14-15,32H,3-6,9,27H2,(H,28,33)(H,29,30).